The van der Waals surface area contributed by atoms with Crippen molar-refractivity contribution in [2.24, 2.45) is 0 Å². The van der Waals surface area contributed by atoms with Gasteiger partial charge in [0.1, 0.15) is 0 Å². The van der Waals surface area contributed by atoms with Crippen LogP contribution in [0.15, 0.2) is 48.6 Å². The molecule has 2 aromatic heterocycles. The molecule has 0 saturated heterocycles. The zero-order valence-electron chi connectivity index (χ0n) is 19.6. The number of rotatable bonds is 2. The Morgan fingerprint density at radius 1 is 0.645 bits per heavy atom. The fraction of sp³-hybridized carbons (Fsp3) is 0.333. The summed E-state index contributed by atoms with van der Waals surface area (Å²) in [4.78, 5) is 27.4. The van der Waals surface area contributed by atoms with Crippen LogP contribution in [0.1, 0.15) is 47.8 Å². The molecule has 0 fully saturated rings. The fourth-order valence-electron chi connectivity index (χ4n) is 2.09. The van der Waals surface area contributed by atoms with E-state index >= 15 is 0 Å². The Labute approximate surface area is 196 Å². The minimum atomic E-state index is -1.19. The van der Waals surface area contributed by atoms with E-state index in [1.54, 1.807) is 0 Å². The van der Waals surface area contributed by atoms with Gasteiger partial charge < -0.3 is 19.8 Å². The average Bonchev–Trinajstić information content (AvgIpc) is 2.53. The van der Waals surface area contributed by atoms with Crippen molar-refractivity contribution in [2.45, 2.75) is 55.4 Å². The van der Waals surface area contributed by atoms with Gasteiger partial charge in [0.2, 0.25) is 0 Å². The summed E-state index contributed by atoms with van der Waals surface area (Å²) in [6.07, 6.45) is 0. The second-order valence-corrected chi connectivity index (χ2v) is 6.99. The molecular formula is C24H32CuN2O4. The molecule has 6 nitrogen and oxygen atoms in total. The molecule has 173 valence electrons. The number of aryl methyl sites for hydroxylation is 6. The number of aliphatic carboxylic acids is 2. The van der Waals surface area contributed by atoms with Crippen molar-refractivity contribution in [1.29, 1.82) is 0 Å². The van der Waals surface area contributed by atoms with Crippen molar-refractivity contribution in [3.63, 3.8) is 0 Å². The minimum absolute atomic E-state index is 0. The molecule has 0 aliphatic heterocycles. The number of carbonyl (C=O) groups is 2. The average molecular weight is 476 g/mol. The summed E-state index contributed by atoms with van der Waals surface area (Å²) in [7, 11) is 0. The molecule has 0 aliphatic carbocycles. The molecule has 0 bridgehead atoms. The van der Waals surface area contributed by atoms with Crippen molar-refractivity contribution < 1.29 is 36.9 Å². The maximum absolute atomic E-state index is 9.49. The van der Waals surface area contributed by atoms with Gasteiger partial charge in [0.15, 0.2) is 0 Å². The molecule has 0 spiro atoms. The Balaban J connectivity index is -0.000000341. The fourth-order valence-corrected chi connectivity index (χ4v) is 2.09. The number of hydrogen-bond donors (Lipinski definition) is 0. The van der Waals surface area contributed by atoms with E-state index in [1.807, 2.05) is 27.7 Å². The van der Waals surface area contributed by atoms with Crippen LogP contribution in [0.5, 0.6) is 0 Å². The van der Waals surface area contributed by atoms with E-state index in [9.17, 15) is 19.8 Å². The van der Waals surface area contributed by atoms with Crippen LogP contribution in [0.25, 0.3) is 0 Å². The maximum Gasteiger partial charge on any atom is 2.00 e. The third kappa shape index (κ3) is 20.3. The van der Waals surface area contributed by atoms with Crippen LogP contribution in [0.3, 0.4) is 0 Å². The molecule has 0 atom stereocenters. The van der Waals surface area contributed by atoms with Crippen LogP contribution in [0.2, 0.25) is 0 Å². The first-order chi connectivity index (χ1) is 13.6. The van der Waals surface area contributed by atoms with Gasteiger partial charge in [-0.2, -0.15) is 0 Å². The molecule has 0 aliphatic rings. The Morgan fingerprint density at radius 3 is 0.903 bits per heavy atom. The molecule has 2 heterocycles. The van der Waals surface area contributed by atoms with Gasteiger partial charge in [0.05, 0.1) is 11.9 Å². The summed E-state index contributed by atoms with van der Waals surface area (Å²) in [5.74, 6) is -2.37. The first-order valence-electron chi connectivity index (χ1n) is 9.23. The van der Waals surface area contributed by atoms with Gasteiger partial charge in [-0.05, 0) is 102 Å². The predicted octanol–water partition coefficient (Wildman–Crippen LogP) is 2.64. The van der Waals surface area contributed by atoms with Crippen molar-refractivity contribution >= 4 is 11.9 Å². The van der Waals surface area contributed by atoms with Gasteiger partial charge in [-0.1, -0.05) is 13.2 Å². The van der Waals surface area contributed by atoms with Crippen molar-refractivity contribution in [2.75, 3.05) is 0 Å². The Hall–Kier alpha value is -2.76. The first-order valence-corrected chi connectivity index (χ1v) is 9.23. The van der Waals surface area contributed by atoms with E-state index < -0.39 is 11.9 Å². The second kappa shape index (κ2) is 17.0. The van der Waals surface area contributed by atoms with E-state index in [0.717, 1.165) is 22.8 Å². The summed E-state index contributed by atoms with van der Waals surface area (Å²) < 4.78 is 0. The third-order valence-corrected chi connectivity index (χ3v) is 3.15. The van der Waals surface area contributed by atoms with Gasteiger partial charge >= 0.3 is 17.1 Å². The first kappa shape index (κ1) is 32.9. The number of aromatic nitrogens is 2. The molecule has 0 aromatic carbocycles. The summed E-state index contributed by atoms with van der Waals surface area (Å²) >= 11 is 0. The molecule has 0 N–H and O–H groups in total. The quantitative estimate of drug-likeness (QED) is 0.488. The monoisotopic (exact) mass is 475 g/mol. The van der Waals surface area contributed by atoms with Crippen LogP contribution in [-0.4, -0.2) is 21.9 Å². The minimum Gasteiger partial charge on any atom is -0.545 e. The van der Waals surface area contributed by atoms with Crippen LogP contribution < -0.4 is 10.2 Å². The van der Waals surface area contributed by atoms with Crippen molar-refractivity contribution in [3.8, 4) is 0 Å². The van der Waals surface area contributed by atoms with Crippen LogP contribution in [0.4, 0.5) is 0 Å². The smallest absolute Gasteiger partial charge is 0.545 e. The summed E-state index contributed by atoms with van der Waals surface area (Å²) in [6, 6.07) is 8.31. The van der Waals surface area contributed by atoms with Crippen LogP contribution in [0, 0.1) is 41.5 Å². The molecule has 0 saturated carbocycles. The molecule has 2 aromatic rings. The van der Waals surface area contributed by atoms with Crippen molar-refractivity contribution in [3.05, 3.63) is 82.5 Å². The Kier molecular flexibility index (Phi) is 18.0. The largest absolute Gasteiger partial charge is 2.00 e. The number of pyridine rings is 2. The molecule has 0 unspecified atom stereocenters. The van der Waals surface area contributed by atoms with Crippen LogP contribution >= 0.6 is 0 Å². The van der Waals surface area contributed by atoms with Crippen LogP contribution in [-0.2, 0) is 26.7 Å². The van der Waals surface area contributed by atoms with E-state index in [4.69, 9.17) is 0 Å². The van der Waals surface area contributed by atoms with E-state index in [0.29, 0.717) is 0 Å². The molecule has 31 heavy (non-hydrogen) atoms. The normalized spacial score (nSPS) is 8.52. The number of nitrogens with zero attached hydrogens (tertiary/aromatic N) is 2. The van der Waals surface area contributed by atoms with Gasteiger partial charge in [0.25, 0.3) is 0 Å². The Morgan fingerprint density at radius 2 is 0.806 bits per heavy atom. The van der Waals surface area contributed by atoms with E-state index in [2.05, 4.69) is 61.2 Å². The number of carboxylic acids is 2. The standard InChI is InChI=1S/2C8H11N.2C4H6O2.Cu/c2*1-6-4-7(2)9-8(3)5-6;2*1-3(2)4(5)6;/h2*4-5H,1-3H3;2*1H2,2H3,(H,5,6);/q;;;;+2/p-2. The second-order valence-electron chi connectivity index (χ2n) is 6.99. The van der Waals surface area contributed by atoms with Gasteiger partial charge in [-0.25, -0.2) is 0 Å². The topological polar surface area (TPSA) is 106 Å². The van der Waals surface area contributed by atoms with Gasteiger partial charge in [-0.15, -0.1) is 0 Å². The molecule has 1 radical (unpaired) electrons. The number of hydrogen-bond acceptors (Lipinski definition) is 6. The number of carboxylic acid groups (broad SMARTS) is 2. The zero-order chi connectivity index (χ0) is 24.0. The summed E-state index contributed by atoms with van der Waals surface area (Å²) in [5.41, 5.74) is 7.13. The maximum atomic E-state index is 9.49. The third-order valence-electron chi connectivity index (χ3n) is 3.15. The van der Waals surface area contributed by atoms with Crippen molar-refractivity contribution in [1.82, 2.24) is 9.97 Å². The Bertz CT molecular complexity index is 695. The van der Waals surface area contributed by atoms with Gasteiger partial charge in [0, 0.05) is 22.8 Å². The molecule has 2 rings (SSSR count). The molecule has 7 heteroatoms. The summed E-state index contributed by atoms with van der Waals surface area (Å²) in [5, 5.41) is 19.0. The summed E-state index contributed by atoms with van der Waals surface area (Å²) in [6.45, 7) is 21.2. The number of carbonyl (C=O) groups excluding carboxylic acids is 2. The predicted molar refractivity (Wildman–Crippen MR) is 117 cm³/mol. The molecule has 0 amide bonds. The van der Waals surface area contributed by atoms with Gasteiger partial charge in [-0.3, -0.25) is 9.97 Å². The SMILES string of the molecule is C=C(C)C(=O)[O-].C=C(C)C(=O)[O-].Cc1cc(C)nc(C)c1.Cc1cc(C)nc(C)c1.[Cu+2]. The van der Waals surface area contributed by atoms with E-state index in [1.165, 1.54) is 25.0 Å². The van der Waals surface area contributed by atoms with E-state index in [-0.39, 0.29) is 28.2 Å². The molecular weight excluding hydrogens is 444 g/mol. The zero-order valence-corrected chi connectivity index (χ0v) is 20.5.